The van der Waals surface area contributed by atoms with Gasteiger partial charge in [-0.1, -0.05) is 0 Å². The smallest absolute Gasteiger partial charge is 0.337 e. The summed E-state index contributed by atoms with van der Waals surface area (Å²) < 4.78 is 15.0. The van der Waals surface area contributed by atoms with E-state index >= 15 is 0 Å². The van der Waals surface area contributed by atoms with E-state index in [4.69, 9.17) is 19.3 Å². The van der Waals surface area contributed by atoms with Crippen LogP contribution in [0, 0.1) is 0 Å². The minimum Gasteiger partial charge on any atom is -0.497 e. The lowest BCUT2D eigenvalue weighted by atomic mass is 10.1. The summed E-state index contributed by atoms with van der Waals surface area (Å²) in [6.07, 6.45) is 1.20. The van der Waals surface area contributed by atoms with Gasteiger partial charge in [0.15, 0.2) is 0 Å². The van der Waals surface area contributed by atoms with Gasteiger partial charge in [-0.05, 0) is 18.2 Å². The molecule has 1 amide bonds. The quantitative estimate of drug-likeness (QED) is 0.860. The van der Waals surface area contributed by atoms with Crippen LogP contribution >= 0.6 is 0 Å². The molecule has 1 heterocycles. The van der Waals surface area contributed by atoms with E-state index in [-0.39, 0.29) is 23.6 Å². The summed E-state index contributed by atoms with van der Waals surface area (Å²) >= 11 is 0. The van der Waals surface area contributed by atoms with Crippen LogP contribution in [0.15, 0.2) is 30.2 Å². The van der Waals surface area contributed by atoms with Crippen LogP contribution in [-0.2, 0) is 14.3 Å². The molecule has 7 nitrogen and oxygen atoms in total. The standard InChI is InChI=1S/C13H13NO6/c1-18-8-2-3-10(9(6-8)13(16)17)14-12(15)11-7-19-4-5-20-11/h2-3,6-7H,4-5H2,1H3,(H,14,15)(H,16,17). The molecule has 2 N–H and O–H groups in total. The minimum absolute atomic E-state index is 0.00315. The molecule has 1 aliphatic rings. The fourth-order valence-corrected chi connectivity index (χ4v) is 1.61. The van der Waals surface area contributed by atoms with Gasteiger partial charge in [0, 0.05) is 0 Å². The van der Waals surface area contributed by atoms with E-state index in [2.05, 4.69) is 5.32 Å². The fourth-order valence-electron chi connectivity index (χ4n) is 1.61. The molecule has 1 aliphatic heterocycles. The highest BCUT2D eigenvalue weighted by Crippen LogP contribution is 2.23. The van der Waals surface area contributed by atoms with Crippen molar-refractivity contribution in [3.05, 3.63) is 35.8 Å². The number of ether oxygens (including phenoxy) is 3. The molecule has 7 heteroatoms. The molecule has 0 radical (unpaired) electrons. The van der Waals surface area contributed by atoms with Gasteiger partial charge in [-0.2, -0.15) is 0 Å². The second-order valence-electron chi connectivity index (χ2n) is 3.87. The normalized spacial score (nSPS) is 13.6. The molecule has 1 aromatic carbocycles. The van der Waals surface area contributed by atoms with Crippen LogP contribution in [0.3, 0.4) is 0 Å². The van der Waals surface area contributed by atoms with E-state index in [0.29, 0.717) is 12.4 Å². The zero-order chi connectivity index (χ0) is 14.5. The Balaban J connectivity index is 2.22. The lowest BCUT2D eigenvalue weighted by molar-refractivity contribution is -0.117. The summed E-state index contributed by atoms with van der Waals surface area (Å²) in [6.45, 7) is 0.646. The molecule has 2 rings (SSSR count). The molecule has 0 saturated heterocycles. The lowest BCUT2D eigenvalue weighted by Crippen LogP contribution is -2.22. The van der Waals surface area contributed by atoms with Crippen molar-refractivity contribution in [2.75, 3.05) is 25.6 Å². The predicted molar refractivity (Wildman–Crippen MR) is 68.6 cm³/mol. The lowest BCUT2D eigenvalue weighted by Gasteiger charge is -2.16. The number of rotatable bonds is 4. The van der Waals surface area contributed by atoms with Crippen molar-refractivity contribution in [2.45, 2.75) is 0 Å². The molecule has 0 saturated carbocycles. The van der Waals surface area contributed by atoms with Crippen LogP contribution < -0.4 is 10.1 Å². The molecule has 0 unspecified atom stereocenters. The molecule has 0 atom stereocenters. The average molecular weight is 279 g/mol. The average Bonchev–Trinajstić information content (AvgIpc) is 2.48. The Morgan fingerprint density at radius 3 is 2.75 bits per heavy atom. The third-order valence-corrected chi connectivity index (χ3v) is 2.58. The SMILES string of the molecule is COc1ccc(NC(=O)C2=COCCO2)c(C(=O)O)c1. The van der Waals surface area contributed by atoms with Crippen LogP contribution in [0.25, 0.3) is 0 Å². The number of carboxylic acid groups (broad SMARTS) is 1. The Kier molecular flexibility index (Phi) is 4.09. The number of amides is 1. The van der Waals surface area contributed by atoms with Gasteiger partial charge in [0.25, 0.3) is 5.91 Å². The Morgan fingerprint density at radius 1 is 1.35 bits per heavy atom. The number of hydrogen-bond acceptors (Lipinski definition) is 5. The van der Waals surface area contributed by atoms with Crippen molar-refractivity contribution in [3.8, 4) is 5.75 Å². The molecule has 0 aromatic heterocycles. The Hall–Kier alpha value is -2.70. The first-order valence-corrected chi connectivity index (χ1v) is 5.79. The Labute approximate surface area is 114 Å². The zero-order valence-electron chi connectivity index (χ0n) is 10.7. The summed E-state index contributed by atoms with van der Waals surface area (Å²) in [4.78, 5) is 23.1. The van der Waals surface area contributed by atoms with Crippen LogP contribution in [0.4, 0.5) is 5.69 Å². The number of anilines is 1. The Morgan fingerprint density at radius 2 is 2.15 bits per heavy atom. The van der Waals surface area contributed by atoms with Gasteiger partial charge in [0.1, 0.15) is 25.2 Å². The molecule has 20 heavy (non-hydrogen) atoms. The van der Waals surface area contributed by atoms with Gasteiger partial charge in [0.2, 0.25) is 5.76 Å². The third kappa shape index (κ3) is 3.00. The summed E-state index contributed by atoms with van der Waals surface area (Å²) in [6, 6.07) is 4.32. The predicted octanol–water partition coefficient (Wildman–Crippen LogP) is 1.22. The molecule has 106 valence electrons. The number of methoxy groups -OCH3 is 1. The Bertz CT molecular complexity index is 566. The number of carbonyl (C=O) groups is 2. The highest BCUT2D eigenvalue weighted by atomic mass is 16.6. The van der Waals surface area contributed by atoms with Crippen molar-refractivity contribution >= 4 is 17.6 Å². The van der Waals surface area contributed by atoms with Crippen LogP contribution in [0.5, 0.6) is 5.75 Å². The summed E-state index contributed by atoms with van der Waals surface area (Å²) in [5.41, 5.74) is 0.0772. The summed E-state index contributed by atoms with van der Waals surface area (Å²) in [5.74, 6) is -1.35. The first-order valence-electron chi connectivity index (χ1n) is 5.79. The largest absolute Gasteiger partial charge is 0.497 e. The third-order valence-electron chi connectivity index (χ3n) is 2.58. The summed E-state index contributed by atoms with van der Waals surface area (Å²) in [5, 5.41) is 11.6. The zero-order valence-corrected chi connectivity index (χ0v) is 10.7. The number of nitrogens with one attached hydrogen (secondary N) is 1. The first-order chi connectivity index (χ1) is 9.61. The monoisotopic (exact) mass is 279 g/mol. The van der Waals surface area contributed by atoms with E-state index < -0.39 is 11.9 Å². The summed E-state index contributed by atoms with van der Waals surface area (Å²) in [7, 11) is 1.43. The fraction of sp³-hybridized carbons (Fsp3) is 0.231. The molecular weight excluding hydrogens is 266 g/mol. The highest BCUT2D eigenvalue weighted by molar-refractivity contribution is 6.06. The maximum Gasteiger partial charge on any atom is 0.337 e. The van der Waals surface area contributed by atoms with E-state index in [0.717, 1.165) is 0 Å². The molecule has 0 bridgehead atoms. The van der Waals surface area contributed by atoms with Crippen molar-refractivity contribution < 1.29 is 28.9 Å². The molecule has 1 aromatic rings. The second-order valence-corrected chi connectivity index (χ2v) is 3.87. The van der Waals surface area contributed by atoms with Gasteiger partial charge < -0.3 is 24.6 Å². The van der Waals surface area contributed by atoms with Crippen LogP contribution in [0.2, 0.25) is 0 Å². The van der Waals surface area contributed by atoms with Gasteiger partial charge in [-0.3, -0.25) is 4.79 Å². The van der Waals surface area contributed by atoms with E-state index in [1.165, 1.54) is 25.5 Å². The first kappa shape index (κ1) is 13.7. The van der Waals surface area contributed by atoms with E-state index in [1.807, 2.05) is 0 Å². The van der Waals surface area contributed by atoms with Gasteiger partial charge >= 0.3 is 5.97 Å². The minimum atomic E-state index is -1.17. The van der Waals surface area contributed by atoms with Crippen molar-refractivity contribution in [2.24, 2.45) is 0 Å². The van der Waals surface area contributed by atoms with Gasteiger partial charge in [0.05, 0.1) is 18.4 Å². The highest BCUT2D eigenvalue weighted by Gasteiger charge is 2.19. The van der Waals surface area contributed by atoms with E-state index in [1.54, 1.807) is 6.07 Å². The molecule has 0 spiro atoms. The van der Waals surface area contributed by atoms with Gasteiger partial charge in [-0.15, -0.1) is 0 Å². The van der Waals surface area contributed by atoms with Crippen molar-refractivity contribution in [3.63, 3.8) is 0 Å². The van der Waals surface area contributed by atoms with Gasteiger partial charge in [-0.25, -0.2) is 4.79 Å². The molecule has 0 fully saturated rings. The number of benzene rings is 1. The van der Waals surface area contributed by atoms with Crippen LogP contribution in [0.1, 0.15) is 10.4 Å². The molecular formula is C13H13NO6. The van der Waals surface area contributed by atoms with E-state index in [9.17, 15) is 9.59 Å². The number of carboxylic acids is 1. The topological polar surface area (TPSA) is 94.1 Å². The maximum absolute atomic E-state index is 11.9. The molecule has 0 aliphatic carbocycles. The maximum atomic E-state index is 11.9. The number of hydrogen-bond donors (Lipinski definition) is 2. The van der Waals surface area contributed by atoms with Crippen molar-refractivity contribution in [1.29, 1.82) is 0 Å². The number of aromatic carboxylic acids is 1. The van der Waals surface area contributed by atoms with Crippen molar-refractivity contribution in [1.82, 2.24) is 0 Å². The van der Waals surface area contributed by atoms with Crippen LogP contribution in [-0.4, -0.2) is 37.3 Å². The second kappa shape index (κ2) is 5.96. The number of carbonyl (C=O) groups excluding carboxylic acids is 1.